The third-order valence-corrected chi connectivity index (χ3v) is 5.47. The molecule has 0 aliphatic heterocycles. The maximum absolute atomic E-state index is 6.15. The van der Waals surface area contributed by atoms with E-state index in [0.717, 1.165) is 43.9 Å². The molecule has 1 N–H and O–H groups in total. The molecule has 3 heterocycles. The van der Waals surface area contributed by atoms with Crippen molar-refractivity contribution in [3.63, 3.8) is 0 Å². The molecule has 0 radical (unpaired) electrons. The average Bonchev–Trinajstić information content (AvgIpc) is 3.29. The number of nitrogens with one attached hydrogen (secondary N) is 1. The van der Waals surface area contributed by atoms with Gasteiger partial charge in [0.1, 0.15) is 17.0 Å². The largest absolute Gasteiger partial charge is 0.456 e. The van der Waals surface area contributed by atoms with E-state index >= 15 is 0 Å². The lowest BCUT2D eigenvalue weighted by Gasteiger charge is -2.10. The second-order valence-corrected chi connectivity index (χ2v) is 7.58. The standard InChI is InChI=1S/C22H18N4OS/c1-14-7-3-4-8-16(14)22-21-17-9-5-6-10-18(17)27-19(21)11-20(24-22)25-28-15-12-23-26(2)13-15/h3-13H,1-2H3,(H,24,25). The van der Waals surface area contributed by atoms with Crippen molar-refractivity contribution in [3.05, 3.63) is 72.6 Å². The number of hydrogen-bond acceptors (Lipinski definition) is 5. The van der Waals surface area contributed by atoms with Crippen molar-refractivity contribution in [1.29, 1.82) is 0 Å². The maximum atomic E-state index is 6.15. The lowest BCUT2D eigenvalue weighted by Crippen LogP contribution is -1.94. The van der Waals surface area contributed by atoms with E-state index in [9.17, 15) is 0 Å². The summed E-state index contributed by atoms with van der Waals surface area (Å²) in [4.78, 5) is 5.98. The molecule has 0 saturated heterocycles. The van der Waals surface area contributed by atoms with Gasteiger partial charge in [-0.1, -0.05) is 42.5 Å². The highest BCUT2D eigenvalue weighted by atomic mass is 32.2. The Morgan fingerprint density at radius 2 is 1.86 bits per heavy atom. The second-order valence-electron chi connectivity index (χ2n) is 6.70. The predicted octanol–water partition coefficient (Wildman–Crippen LogP) is 5.81. The zero-order chi connectivity index (χ0) is 19.1. The molecule has 6 heteroatoms. The Hall–Kier alpha value is -3.25. The van der Waals surface area contributed by atoms with Crippen LogP contribution in [0.25, 0.3) is 33.2 Å². The summed E-state index contributed by atoms with van der Waals surface area (Å²) in [5.74, 6) is 0.749. The van der Waals surface area contributed by atoms with Gasteiger partial charge in [-0.3, -0.25) is 4.68 Å². The lowest BCUT2D eigenvalue weighted by molar-refractivity contribution is 0.669. The molecule has 0 unspecified atom stereocenters. The minimum atomic E-state index is 0.749. The van der Waals surface area contributed by atoms with Gasteiger partial charge in [-0.2, -0.15) is 5.10 Å². The first-order valence-corrected chi connectivity index (χ1v) is 9.80. The first kappa shape index (κ1) is 16.9. The Bertz CT molecular complexity index is 1300. The highest BCUT2D eigenvalue weighted by Gasteiger charge is 2.17. The Morgan fingerprint density at radius 1 is 1.04 bits per heavy atom. The van der Waals surface area contributed by atoms with Crippen LogP contribution in [0, 0.1) is 6.92 Å². The van der Waals surface area contributed by atoms with Gasteiger partial charge in [-0.05, 0) is 30.5 Å². The third-order valence-electron chi connectivity index (χ3n) is 4.71. The number of rotatable bonds is 4. The molecule has 5 rings (SSSR count). The molecular weight excluding hydrogens is 368 g/mol. The van der Waals surface area contributed by atoms with E-state index in [-0.39, 0.29) is 0 Å². The highest BCUT2D eigenvalue weighted by Crippen LogP contribution is 2.38. The van der Waals surface area contributed by atoms with Crippen molar-refractivity contribution in [2.24, 2.45) is 7.05 Å². The quantitative estimate of drug-likeness (QED) is 0.395. The van der Waals surface area contributed by atoms with Crippen molar-refractivity contribution in [3.8, 4) is 11.3 Å². The number of aromatic nitrogens is 3. The number of benzene rings is 2. The number of hydrogen-bond donors (Lipinski definition) is 1. The van der Waals surface area contributed by atoms with Crippen molar-refractivity contribution in [2.45, 2.75) is 11.8 Å². The summed E-state index contributed by atoms with van der Waals surface area (Å²) in [5.41, 5.74) is 4.90. The van der Waals surface area contributed by atoms with Crippen molar-refractivity contribution < 1.29 is 4.42 Å². The minimum absolute atomic E-state index is 0.749. The lowest BCUT2D eigenvalue weighted by atomic mass is 10.0. The summed E-state index contributed by atoms with van der Waals surface area (Å²) in [6, 6.07) is 18.4. The Balaban J connectivity index is 1.68. The third kappa shape index (κ3) is 2.92. The molecule has 3 aromatic heterocycles. The molecule has 2 aromatic carbocycles. The molecule has 28 heavy (non-hydrogen) atoms. The monoisotopic (exact) mass is 386 g/mol. The summed E-state index contributed by atoms with van der Waals surface area (Å²) in [6.45, 7) is 2.11. The molecule has 0 atom stereocenters. The normalized spacial score (nSPS) is 11.4. The first-order chi connectivity index (χ1) is 13.7. The van der Waals surface area contributed by atoms with Crippen molar-refractivity contribution >= 4 is 39.7 Å². The van der Waals surface area contributed by atoms with Crippen LogP contribution in [0.4, 0.5) is 5.82 Å². The Kier molecular flexibility index (Phi) is 4.06. The van der Waals surface area contributed by atoms with Crippen molar-refractivity contribution in [1.82, 2.24) is 14.8 Å². The van der Waals surface area contributed by atoms with Gasteiger partial charge in [0.05, 0.1) is 22.2 Å². The van der Waals surface area contributed by atoms with Gasteiger partial charge >= 0.3 is 0 Å². The molecule has 0 spiro atoms. The first-order valence-electron chi connectivity index (χ1n) is 8.99. The SMILES string of the molecule is Cc1ccccc1-c1nc(NSc2cnn(C)c2)cc2oc3ccccc3c12. The fraction of sp³-hybridized carbons (Fsp3) is 0.0909. The van der Waals surface area contributed by atoms with Gasteiger partial charge < -0.3 is 9.14 Å². The van der Waals surface area contributed by atoms with Crippen LogP contribution in [-0.4, -0.2) is 14.8 Å². The number of para-hydroxylation sites is 1. The molecule has 0 aliphatic rings. The van der Waals surface area contributed by atoms with Crippen LogP contribution >= 0.6 is 11.9 Å². The van der Waals surface area contributed by atoms with Crippen LogP contribution in [0.3, 0.4) is 0 Å². The van der Waals surface area contributed by atoms with Gasteiger partial charge in [-0.25, -0.2) is 4.98 Å². The average molecular weight is 386 g/mol. The van der Waals surface area contributed by atoms with Crippen LogP contribution in [-0.2, 0) is 7.05 Å². The molecule has 0 aliphatic carbocycles. The zero-order valence-electron chi connectivity index (χ0n) is 15.5. The number of furan rings is 1. The van der Waals surface area contributed by atoms with Gasteiger partial charge in [0.25, 0.3) is 0 Å². The van der Waals surface area contributed by atoms with Gasteiger partial charge in [-0.15, -0.1) is 0 Å². The molecule has 0 amide bonds. The van der Waals surface area contributed by atoms with Gasteiger partial charge in [0, 0.05) is 30.3 Å². The summed E-state index contributed by atoms with van der Waals surface area (Å²) in [5, 5.41) is 6.32. The van der Waals surface area contributed by atoms with E-state index in [1.807, 2.05) is 55.8 Å². The summed E-state index contributed by atoms with van der Waals surface area (Å²) < 4.78 is 11.3. The van der Waals surface area contributed by atoms with Gasteiger partial charge in [0.15, 0.2) is 0 Å². The number of nitrogens with zero attached hydrogens (tertiary/aromatic N) is 3. The number of pyridine rings is 1. The van der Waals surface area contributed by atoms with E-state index in [0.29, 0.717) is 0 Å². The topological polar surface area (TPSA) is 55.9 Å². The summed E-state index contributed by atoms with van der Waals surface area (Å²) >= 11 is 1.48. The predicted molar refractivity (Wildman–Crippen MR) is 114 cm³/mol. The van der Waals surface area contributed by atoms with Crippen LogP contribution in [0.1, 0.15) is 5.56 Å². The molecule has 0 bridgehead atoms. The molecule has 5 aromatic rings. The Morgan fingerprint density at radius 3 is 2.68 bits per heavy atom. The van der Waals surface area contributed by atoms with Crippen LogP contribution in [0.15, 0.2) is 76.3 Å². The Labute approximate surface area is 166 Å². The van der Waals surface area contributed by atoms with Crippen molar-refractivity contribution in [2.75, 3.05) is 4.72 Å². The summed E-state index contributed by atoms with van der Waals surface area (Å²) in [6.07, 6.45) is 3.78. The molecule has 5 nitrogen and oxygen atoms in total. The smallest absolute Gasteiger partial charge is 0.141 e. The van der Waals surface area contributed by atoms with E-state index in [2.05, 4.69) is 34.9 Å². The molecule has 0 saturated carbocycles. The van der Waals surface area contributed by atoms with Crippen LogP contribution < -0.4 is 4.72 Å². The van der Waals surface area contributed by atoms with E-state index in [4.69, 9.17) is 9.40 Å². The van der Waals surface area contributed by atoms with E-state index in [1.54, 1.807) is 4.68 Å². The van der Waals surface area contributed by atoms with Crippen LogP contribution in [0.2, 0.25) is 0 Å². The summed E-state index contributed by atoms with van der Waals surface area (Å²) in [7, 11) is 1.90. The van der Waals surface area contributed by atoms with Gasteiger partial charge in [0.2, 0.25) is 0 Å². The minimum Gasteiger partial charge on any atom is -0.456 e. The number of aryl methyl sites for hydroxylation is 2. The van der Waals surface area contributed by atoms with Crippen LogP contribution in [0.5, 0.6) is 0 Å². The molecule has 0 fully saturated rings. The molecule has 138 valence electrons. The maximum Gasteiger partial charge on any atom is 0.141 e. The van der Waals surface area contributed by atoms with E-state index < -0.39 is 0 Å². The highest BCUT2D eigenvalue weighted by molar-refractivity contribution is 8.00. The number of anilines is 1. The second kappa shape index (κ2) is 6.73. The fourth-order valence-electron chi connectivity index (χ4n) is 3.39. The zero-order valence-corrected chi connectivity index (χ0v) is 16.3. The number of fused-ring (bicyclic) bond motifs is 3. The van der Waals surface area contributed by atoms with E-state index in [1.165, 1.54) is 17.5 Å². The fourth-order valence-corrected chi connectivity index (χ4v) is 4.02. The molecular formula is C22H18N4OS.